The lowest BCUT2D eigenvalue weighted by Crippen LogP contribution is -2.61. The Balaban J connectivity index is 2.78. The average Bonchev–Trinajstić information content (AvgIpc) is 2.12. The molecule has 1 heterocycles. The molecule has 0 saturated carbocycles. The van der Waals surface area contributed by atoms with Gasteiger partial charge in [0.15, 0.2) is 0 Å². The van der Waals surface area contributed by atoms with Gasteiger partial charge in [-0.1, -0.05) is 13.8 Å². The van der Waals surface area contributed by atoms with E-state index in [2.05, 4.69) is 5.32 Å². The van der Waals surface area contributed by atoms with Gasteiger partial charge in [-0.15, -0.1) is 0 Å². The minimum Gasteiger partial charge on any atom is -0.343 e. The highest BCUT2D eigenvalue weighted by Gasteiger charge is 2.36. The van der Waals surface area contributed by atoms with Crippen LogP contribution in [0.2, 0.25) is 0 Å². The van der Waals surface area contributed by atoms with Gasteiger partial charge >= 0.3 is 0 Å². The van der Waals surface area contributed by atoms with Gasteiger partial charge in [-0.3, -0.25) is 9.59 Å². The number of piperazine rings is 1. The van der Waals surface area contributed by atoms with Gasteiger partial charge in [0.1, 0.15) is 12.1 Å². The van der Waals surface area contributed by atoms with Gasteiger partial charge in [-0.2, -0.15) is 0 Å². The van der Waals surface area contributed by atoms with Crippen molar-refractivity contribution in [3.05, 3.63) is 0 Å². The van der Waals surface area contributed by atoms with Crippen molar-refractivity contribution in [2.45, 2.75) is 38.8 Å². The molecule has 1 rings (SSSR count). The van der Waals surface area contributed by atoms with Crippen LogP contribution in [-0.2, 0) is 9.59 Å². The molecule has 4 nitrogen and oxygen atoms in total. The molecule has 0 aromatic carbocycles. The Hall–Kier alpha value is -1.06. The van der Waals surface area contributed by atoms with E-state index in [1.54, 1.807) is 11.9 Å². The largest absolute Gasteiger partial charge is 0.343 e. The Labute approximate surface area is 78.3 Å². The molecule has 1 aliphatic heterocycles. The minimum atomic E-state index is -0.319. The number of likely N-dealkylation sites (N-methyl/N-ethyl adjacent to an activating group) is 1. The van der Waals surface area contributed by atoms with Crippen LogP contribution in [0.5, 0.6) is 0 Å². The van der Waals surface area contributed by atoms with Crippen LogP contribution in [0.15, 0.2) is 0 Å². The van der Waals surface area contributed by atoms with Gasteiger partial charge in [-0.05, 0) is 12.8 Å². The molecule has 1 saturated heterocycles. The topological polar surface area (TPSA) is 49.4 Å². The highest BCUT2D eigenvalue weighted by atomic mass is 16.2. The fraction of sp³-hybridized carbons (Fsp3) is 0.778. The Bertz CT molecular complexity index is 228. The van der Waals surface area contributed by atoms with Gasteiger partial charge in [0.2, 0.25) is 11.8 Å². The van der Waals surface area contributed by atoms with Crippen molar-refractivity contribution >= 4 is 11.8 Å². The lowest BCUT2D eigenvalue weighted by atomic mass is 10.0. The van der Waals surface area contributed by atoms with Crippen LogP contribution in [0.25, 0.3) is 0 Å². The monoisotopic (exact) mass is 184 g/mol. The summed E-state index contributed by atoms with van der Waals surface area (Å²) in [6.45, 7) is 3.79. The van der Waals surface area contributed by atoms with Crippen molar-refractivity contribution in [3.8, 4) is 0 Å². The second kappa shape index (κ2) is 3.77. The molecular weight excluding hydrogens is 168 g/mol. The predicted molar refractivity (Wildman–Crippen MR) is 49.1 cm³/mol. The maximum Gasteiger partial charge on any atom is 0.245 e. The van der Waals surface area contributed by atoms with Crippen molar-refractivity contribution in [2.24, 2.45) is 0 Å². The quantitative estimate of drug-likeness (QED) is 0.663. The van der Waals surface area contributed by atoms with Crippen LogP contribution in [-0.4, -0.2) is 35.8 Å². The van der Waals surface area contributed by atoms with Crippen molar-refractivity contribution in [1.29, 1.82) is 0 Å². The molecule has 74 valence electrons. The average molecular weight is 184 g/mol. The summed E-state index contributed by atoms with van der Waals surface area (Å²) in [5, 5.41) is 2.72. The summed E-state index contributed by atoms with van der Waals surface area (Å²) in [6.07, 6.45) is 1.33. The third-order valence-corrected chi connectivity index (χ3v) is 2.53. The number of nitrogens with zero attached hydrogens (tertiary/aromatic N) is 1. The number of carbonyl (C=O) groups excluding carboxylic acids is 2. The van der Waals surface area contributed by atoms with Crippen LogP contribution in [0.4, 0.5) is 0 Å². The zero-order valence-corrected chi connectivity index (χ0v) is 8.33. The fourth-order valence-corrected chi connectivity index (χ4v) is 1.64. The molecule has 1 N–H and O–H groups in total. The number of rotatable bonds is 2. The SMILES string of the molecule is CCC1NC(=O)C(CC)N(C)C1=O. The Morgan fingerprint density at radius 1 is 1.31 bits per heavy atom. The van der Waals surface area contributed by atoms with Gasteiger partial charge in [-0.25, -0.2) is 0 Å². The van der Waals surface area contributed by atoms with E-state index in [1.165, 1.54) is 0 Å². The third kappa shape index (κ3) is 1.66. The first kappa shape index (κ1) is 10.0. The lowest BCUT2D eigenvalue weighted by molar-refractivity contribution is -0.147. The molecule has 2 amide bonds. The molecule has 4 heteroatoms. The lowest BCUT2D eigenvalue weighted by Gasteiger charge is -2.35. The van der Waals surface area contributed by atoms with Crippen LogP contribution < -0.4 is 5.32 Å². The highest BCUT2D eigenvalue weighted by molar-refractivity contribution is 5.96. The van der Waals surface area contributed by atoms with E-state index in [-0.39, 0.29) is 23.9 Å². The van der Waals surface area contributed by atoms with Gasteiger partial charge in [0.05, 0.1) is 0 Å². The van der Waals surface area contributed by atoms with Gasteiger partial charge < -0.3 is 10.2 Å². The van der Waals surface area contributed by atoms with E-state index >= 15 is 0 Å². The van der Waals surface area contributed by atoms with E-state index in [1.807, 2.05) is 13.8 Å². The zero-order valence-electron chi connectivity index (χ0n) is 8.33. The van der Waals surface area contributed by atoms with Crippen molar-refractivity contribution in [3.63, 3.8) is 0 Å². The van der Waals surface area contributed by atoms with Crippen molar-refractivity contribution in [1.82, 2.24) is 10.2 Å². The maximum absolute atomic E-state index is 11.6. The second-order valence-electron chi connectivity index (χ2n) is 3.34. The molecular formula is C9H16N2O2. The Morgan fingerprint density at radius 2 is 1.92 bits per heavy atom. The fourth-order valence-electron chi connectivity index (χ4n) is 1.64. The first-order valence-electron chi connectivity index (χ1n) is 4.68. The summed E-state index contributed by atoms with van der Waals surface area (Å²) in [5.74, 6) is -0.00889. The smallest absolute Gasteiger partial charge is 0.245 e. The van der Waals surface area contributed by atoms with E-state index in [0.717, 1.165) is 0 Å². The Morgan fingerprint density at radius 3 is 2.38 bits per heavy atom. The molecule has 0 aromatic heterocycles. The molecule has 0 aliphatic carbocycles. The molecule has 1 fully saturated rings. The standard InChI is InChI=1S/C9H16N2O2/c1-4-6-9(13)11(3)7(5-2)8(12)10-6/h6-7H,4-5H2,1-3H3,(H,10,12). The normalized spacial score (nSPS) is 29.0. The minimum absolute atomic E-state index is 0.0222. The molecule has 0 bridgehead atoms. The molecule has 0 radical (unpaired) electrons. The molecule has 2 atom stereocenters. The third-order valence-electron chi connectivity index (χ3n) is 2.53. The maximum atomic E-state index is 11.6. The van der Waals surface area contributed by atoms with Crippen molar-refractivity contribution < 1.29 is 9.59 Å². The molecule has 1 aliphatic rings. The summed E-state index contributed by atoms with van der Waals surface area (Å²) >= 11 is 0. The molecule has 2 unspecified atom stereocenters. The summed E-state index contributed by atoms with van der Waals surface area (Å²) in [4.78, 5) is 24.6. The summed E-state index contributed by atoms with van der Waals surface area (Å²) in [7, 11) is 1.69. The van der Waals surface area contributed by atoms with E-state index in [4.69, 9.17) is 0 Å². The van der Waals surface area contributed by atoms with E-state index in [9.17, 15) is 9.59 Å². The first-order chi connectivity index (χ1) is 6.11. The summed E-state index contributed by atoms with van der Waals surface area (Å²) < 4.78 is 0. The van der Waals surface area contributed by atoms with Crippen LogP contribution >= 0.6 is 0 Å². The predicted octanol–water partition coefficient (Wildman–Crippen LogP) is 0.132. The Kier molecular flexibility index (Phi) is 2.90. The van der Waals surface area contributed by atoms with Gasteiger partial charge in [0, 0.05) is 7.05 Å². The zero-order chi connectivity index (χ0) is 10.0. The van der Waals surface area contributed by atoms with E-state index < -0.39 is 0 Å². The molecule has 0 spiro atoms. The van der Waals surface area contributed by atoms with Crippen molar-refractivity contribution in [2.75, 3.05) is 7.05 Å². The summed E-state index contributed by atoms with van der Waals surface area (Å²) in [6, 6.07) is -0.601. The second-order valence-corrected chi connectivity index (χ2v) is 3.34. The first-order valence-corrected chi connectivity index (χ1v) is 4.68. The van der Waals surface area contributed by atoms with Gasteiger partial charge in [0.25, 0.3) is 0 Å². The molecule has 13 heavy (non-hydrogen) atoms. The highest BCUT2D eigenvalue weighted by Crippen LogP contribution is 2.11. The summed E-state index contributed by atoms with van der Waals surface area (Å²) in [5.41, 5.74) is 0. The van der Waals surface area contributed by atoms with Crippen LogP contribution in [0.3, 0.4) is 0 Å². The van der Waals surface area contributed by atoms with E-state index in [0.29, 0.717) is 12.8 Å². The number of amides is 2. The van der Waals surface area contributed by atoms with Crippen LogP contribution in [0, 0.1) is 0 Å². The molecule has 0 aromatic rings. The number of hydrogen-bond acceptors (Lipinski definition) is 2. The number of nitrogens with one attached hydrogen (secondary N) is 1. The number of hydrogen-bond donors (Lipinski definition) is 1. The van der Waals surface area contributed by atoms with Crippen LogP contribution in [0.1, 0.15) is 26.7 Å². The number of carbonyl (C=O) groups is 2.